The second kappa shape index (κ2) is 10.9. The van der Waals surface area contributed by atoms with Gasteiger partial charge in [0.25, 0.3) is 5.91 Å². The Kier molecular flexibility index (Phi) is 7.59. The lowest BCUT2D eigenvalue weighted by Crippen LogP contribution is -2.54. The fourth-order valence-electron chi connectivity index (χ4n) is 4.55. The third kappa shape index (κ3) is 5.91. The van der Waals surface area contributed by atoms with E-state index in [1.807, 2.05) is 4.90 Å². The van der Waals surface area contributed by atoms with Crippen molar-refractivity contribution in [1.29, 1.82) is 0 Å². The van der Waals surface area contributed by atoms with Crippen LogP contribution < -0.4 is 10.2 Å². The second-order valence-electron chi connectivity index (χ2n) is 9.91. The Morgan fingerprint density at radius 3 is 2.72 bits per heavy atom. The number of morpholine rings is 1. The average molecular weight is 558 g/mol. The Bertz CT molecular complexity index is 1440. The number of nitrogens with zero attached hydrogens (tertiary/aromatic N) is 6. The fraction of sp³-hybridized carbons (Fsp3) is 0.520. The molecule has 13 nitrogen and oxygen atoms in total. The van der Waals surface area contributed by atoms with Crippen molar-refractivity contribution in [1.82, 2.24) is 24.3 Å². The number of aliphatic hydroxyl groups excluding tert-OH is 1. The molecule has 3 aliphatic rings. The van der Waals surface area contributed by atoms with Crippen LogP contribution in [0.3, 0.4) is 0 Å². The minimum absolute atomic E-state index is 0.0174. The van der Waals surface area contributed by atoms with Gasteiger partial charge in [-0.05, 0) is 30.9 Å². The van der Waals surface area contributed by atoms with Gasteiger partial charge in [-0.1, -0.05) is 11.8 Å². The van der Waals surface area contributed by atoms with Crippen molar-refractivity contribution in [2.75, 3.05) is 62.4 Å². The third-order valence-electron chi connectivity index (χ3n) is 6.87. The molecule has 2 amide bonds. The Balaban J connectivity index is 1.32. The van der Waals surface area contributed by atoms with E-state index < -0.39 is 22.1 Å². The van der Waals surface area contributed by atoms with Gasteiger partial charge < -0.3 is 24.6 Å². The van der Waals surface area contributed by atoms with Crippen LogP contribution in [-0.2, 0) is 26.4 Å². The summed E-state index contributed by atoms with van der Waals surface area (Å²) in [4.78, 5) is 38.3. The summed E-state index contributed by atoms with van der Waals surface area (Å²) < 4.78 is 32.5. The summed E-state index contributed by atoms with van der Waals surface area (Å²) in [5, 5.41) is 13.4. The number of aromatic nitrogens is 3. The number of hydrogen-bond acceptors (Lipinski definition) is 10. The number of carbonyl (C=O) groups is 2. The van der Waals surface area contributed by atoms with Gasteiger partial charge in [-0.2, -0.15) is 4.98 Å². The monoisotopic (exact) mass is 557 g/mol. The van der Waals surface area contributed by atoms with Crippen LogP contribution in [0.2, 0.25) is 0 Å². The molecule has 4 heterocycles. The minimum atomic E-state index is -3.71. The molecule has 1 saturated heterocycles. The van der Waals surface area contributed by atoms with E-state index in [4.69, 9.17) is 4.74 Å². The molecule has 2 aliphatic heterocycles. The van der Waals surface area contributed by atoms with Gasteiger partial charge in [-0.25, -0.2) is 13.4 Å². The highest BCUT2D eigenvalue weighted by Gasteiger charge is 2.41. The van der Waals surface area contributed by atoms with E-state index in [2.05, 4.69) is 27.1 Å². The van der Waals surface area contributed by atoms with Crippen molar-refractivity contribution in [3.05, 3.63) is 29.6 Å². The zero-order valence-electron chi connectivity index (χ0n) is 21.8. The molecule has 2 aromatic heterocycles. The summed E-state index contributed by atoms with van der Waals surface area (Å²) in [6.45, 7) is 2.80. The van der Waals surface area contributed by atoms with Crippen molar-refractivity contribution >= 4 is 33.3 Å². The number of sulfone groups is 1. The highest BCUT2D eigenvalue weighted by Crippen LogP contribution is 2.35. The maximum Gasteiger partial charge on any atom is 0.277 e. The molecule has 0 radical (unpaired) electrons. The van der Waals surface area contributed by atoms with E-state index in [1.54, 1.807) is 12.1 Å². The maximum atomic E-state index is 13.0. The van der Waals surface area contributed by atoms with Crippen molar-refractivity contribution in [3.63, 3.8) is 0 Å². The molecule has 0 bridgehead atoms. The number of imidazole rings is 1. The lowest BCUT2D eigenvalue weighted by molar-refractivity contribution is -0.118. The van der Waals surface area contributed by atoms with Crippen LogP contribution in [0.1, 0.15) is 28.9 Å². The number of fused-ring (bicyclic) bond motifs is 1. The van der Waals surface area contributed by atoms with Crippen molar-refractivity contribution in [3.8, 4) is 11.8 Å². The van der Waals surface area contributed by atoms with Gasteiger partial charge in [-0.3, -0.25) is 19.4 Å². The lowest BCUT2D eigenvalue weighted by Gasteiger charge is -2.37. The number of anilines is 2. The predicted molar refractivity (Wildman–Crippen MR) is 140 cm³/mol. The molecule has 14 heteroatoms. The minimum Gasteiger partial charge on any atom is -0.379 e. The first kappa shape index (κ1) is 27.1. The van der Waals surface area contributed by atoms with Gasteiger partial charge in [-0.15, -0.1) is 0 Å². The van der Waals surface area contributed by atoms with E-state index in [0.717, 1.165) is 17.7 Å². The van der Waals surface area contributed by atoms with Gasteiger partial charge in [0, 0.05) is 38.9 Å². The number of amides is 2. The lowest BCUT2D eigenvalue weighted by atomic mass is 10.2. The Morgan fingerprint density at radius 2 is 2.00 bits per heavy atom. The fourth-order valence-corrected chi connectivity index (χ4v) is 6.38. The summed E-state index contributed by atoms with van der Waals surface area (Å²) in [5.74, 6) is 5.74. The van der Waals surface area contributed by atoms with Crippen molar-refractivity contribution < 1.29 is 27.9 Å². The molecule has 2 aromatic rings. The molecule has 0 aromatic carbocycles. The summed E-state index contributed by atoms with van der Waals surface area (Å²) >= 11 is 0. The van der Waals surface area contributed by atoms with Crippen LogP contribution in [0, 0.1) is 17.8 Å². The van der Waals surface area contributed by atoms with Crippen LogP contribution in [0.15, 0.2) is 23.5 Å². The molecule has 1 saturated carbocycles. The molecule has 1 aliphatic carbocycles. The van der Waals surface area contributed by atoms with Gasteiger partial charge in [0.2, 0.25) is 27.3 Å². The zero-order chi connectivity index (χ0) is 27.7. The van der Waals surface area contributed by atoms with Crippen molar-refractivity contribution in [2.24, 2.45) is 13.0 Å². The quantitative estimate of drug-likeness (QED) is 0.426. The van der Waals surface area contributed by atoms with Gasteiger partial charge >= 0.3 is 0 Å². The number of carbonyl (C=O) groups excluding carboxylic acids is 2. The van der Waals surface area contributed by atoms with Gasteiger partial charge in [0.15, 0.2) is 11.5 Å². The van der Waals surface area contributed by atoms with Crippen LogP contribution in [0.25, 0.3) is 0 Å². The molecular weight excluding hydrogens is 526 g/mol. The van der Waals surface area contributed by atoms with Crippen LogP contribution >= 0.6 is 0 Å². The molecule has 39 heavy (non-hydrogen) atoms. The molecule has 2 N–H and O–H groups in total. The number of hydrogen-bond donors (Lipinski definition) is 2. The first-order chi connectivity index (χ1) is 18.6. The number of pyridine rings is 1. The Hall–Kier alpha value is -3.51. The van der Waals surface area contributed by atoms with E-state index in [1.165, 1.54) is 29.8 Å². The second-order valence-corrected chi connectivity index (χ2v) is 11.8. The smallest absolute Gasteiger partial charge is 0.277 e. The zero-order valence-corrected chi connectivity index (χ0v) is 22.6. The number of nitrogens with one attached hydrogen (secondary N) is 1. The summed E-state index contributed by atoms with van der Waals surface area (Å²) in [6, 6.07) is 3.32. The highest BCUT2D eigenvalue weighted by atomic mass is 32.2. The van der Waals surface area contributed by atoms with E-state index >= 15 is 0 Å². The third-order valence-corrected chi connectivity index (χ3v) is 8.70. The summed E-state index contributed by atoms with van der Waals surface area (Å²) in [6.07, 6.45) is 1.88. The van der Waals surface area contributed by atoms with Gasteiger partial charge in [0.05, 0.1) is 32.1 Å². The SMILES string of the molecule is CN1C(=O)c2c(nc(S(=O)(=O)CC3CC3)n2C)N(CC#Cc2ccnc(NC(=O)CN3CCOCC3)c2)C1O. The van der Waals surface area contributed by atoms with Crippen LogP contribution in [0.5, 0.6) is 0 Å². The molecule has 5 rings (SSSR count). The first-order valence-corrected chi connectivity index (χ1v) is 14.4. The number of rotatable bonds is 7. The van der Waals surface area contributed by atoms with Gasteiger partial charge in [0.1, 0.15) is 5.82 Å². The summed E-state index contributed by atoms with van der Waals surface area (Å²) in [5.41, 5.74) is 0.657. The largest absolute Gasteiger partial charge is 0.379 e. The average Bonchev–Trinajstić information content (AvgIpc) is 3.63. The van der Waals surface area contributed by atoms with E-state index in [-0.39, 0.29) is 47.3 Å². The standard InChI is InChI=1S/C25H31N7O6S/c1-29-21-22(28-24(29)39(36,37)16-18-5-6-18)32(25(35)30(2)23(21)34)9-3-4-17-7-8-26-19(14-17)27-20(33)15-31-10-12-38-13-11-31/h7-8,14,18,25,35H,5-6,9-13,15-16H2,1-2H3,(H,26,27,33). The topological polar surface area (TPSA) is 150 Å². The van der Waals surface area contributed by atoms with E-state index in [9.17, 15) is 23.1 Å². The molecule has 1 unspecified atom stereocenters. The number of aliphatic hydroxyl groups is 1. The molecule has 0 spiro atoms. The Labute approximate surface area is 226 Å². The number of ether oxygens (including phenoxy) is 1. The normalized spacial score (nSPS) is 19.9. The van der Waals surface area contributed by atoms with E-state index in [0.29, 0.717) is 37.7 Å². The molecule has 208 valence electrons. The molecular formula is C25H31N7O6S. The van der Waals surface area contributed by atoms with Crippen LogP contribution in [0.4, 0.5) is 11.6 Å². The maximum absolute atomic E-state index is 13.0. The highest BCUT2D eigenvalue weighted by molar-refractivity contribution is 7.91. The predicted octanol–water partition coefficient (Wildman–Crippen LogP) is -0.511. The van der Waals surface area contributed by atoms with Crippen LogP contribution in [-0.4, -0.2) is 108 Å². The Morgan fingerprint density at radius 1 is 1.26 bits per heavy atom. The van der Waals surface area contributed by atoms with Crippen molar-refractivity contribution in [2.45, 2.75) is 24.3 Å². The molecule has 1 atom stereocenters. The first-order valence-electron chi connectivity index (χ1n) is 12.7. The molecule has 2 fully saturated rings. The summed E-state index contributed by atoms with van der Waals surface area (Å²) in [7, 11) is -0.787.